The zero-order valence-electron chi connectivity index (χ0n) is 21.9. The summed E-state index contributed by atoms with van der Waals surface area (Å²) in [6.07, 6.45) is 3.59. The lowest BCUT2D eigenvalue weighted by atomic mass is 9.94. The molecule has 0 radical (unpaired) electrons. The van der Waals surface area contributed by atoms with Crippen LogP contribution in [0.3, 0.4) is 0 Å². The molecule has 0 aromatic heterocycles. The fourth-order valence-electron chi connectivity index (χ4n) is 4.28. The lowest BCUT2D eigenvalue weighted by molar-refractivity contribution is -0.0807. The van der Waals surface area contributed by atoms with Crippen LogP contribution in [0.5, 0.6) is 0 Å². The van der Waals surface area contributed by atoms with Crippen LogP contribution in [0, 0.1) is 10.7 Å². The first-order valence-electron chi connectivity index (χ1n) is 12.3. The molecule has 0 spiro atoms. The van der Waals surface area contributed by atoms with E-state index in [1.54, 1.807) is 13.2 Å². The predicted molar refractivity (Wildman–Crippen MR) is 145 cm³/mol. The number of hydrogen-bond acceptors (Lipinski definition) is 7. The molecular weight excluding hydrogens is 498 g/mol. The van der Waals surface area contributed by atoms with E-state index in [9.17, 15) is 12.6 Å². The monoisotopic (exact) mass is 537 g/mol. The van der Waals surface area contributed by atoms with Crippen molar-refractivity contribution in [1.29, 1.82) is 4.78 Å². The SMILES string of the molecule is CCc1ccc(N(CC(C)C)S(=O)(=O)c2ccc(NCC3(OC)CCOCC3)c(S(C)(=N)=O)c2)cc1. The lowest BCUT2D eigenvalue weighted by Gasteiger charge is -2.36. The zero-order valence-corrected chi connectivity index (χ0v) is 23.5. The third-order valence-corrected chi connectivity index (χ3v) is 9.53. The maximum Gasteiger partial charge on any atom is 0.264 e. The molecule has 2 aromatic carbocycles. The highest BCUT2D eigenvalue weighted by Gasteiger charge is 2.33. The van der Waals surface area contributed by atoms with Gasteiger partial charge in [-0.15, -0.1) is 0 Å². The number of hydrogen-bond donors (Lipinski definition) is 2. The molecule has 2 aromatic rings. The first kappa shape index (κ1) is 28.4. The van der Waals surface area contributed by atoms with Gasteiger partial charge in [0.25, 0.3) is 10.0 Å². The molecule has 10 heteroatoms. The standard InChI is InChI=1S/C26H39N3O5S2/c1-6-21-7-9-22(10-8-21)29(18-20(2)3)36(31,32)23-11-12-24(25(17-23)35(5,27)30)28-19-26(33-4)13-15-34-16-14-26/h7-12,17,20,27-28H,6,13-16,18-19H2,1-5H3. The molecule has 0 bridgehead atoms. The molecule has 0 amide bonds. The third-order valence-electron chi connectivity index (χ3n) is 6.56. The molecule has 1 atom stereocenters. The fourth-order valence-corrected chi connectivity index (χ4v) is 6.92. The molecular formula is C26H39N3O5S2. The summed E-state index contributed by atoms with van der Waals surface area (Å²) in [5, 5.41) is 3.28. The normalized spacial score (nSPS) is 17.5. The maximum absolute atomic E-state index is 13.8. The van der Waals surface area contributed by atoms with Crippen LogP contribution in [0.4, 0.5) is 11.4 Å². The van der Waals surface area contributed by atoms with Crippen molar-refractivity contribution in [3.05, 3.63) is 48.0 Å². The second-order valence-electron chi connectivity index (χ2n) is 9.80. The Bertz CT molecular complexity index is 1240. The van der Waals surface area contributed by atoms with Crippen LogP contribution in [-0.2, 0) is 35.6 Å². The smallest absolute Gasteiger partial charge is 0.264 e. The van der Waals surface area contributed by atoms with E-state index in [1.165, 1.54) is 22.7 Å². The van der Waals surface area contributed by atoms with Crippen molar-refractivity contribution in [2.45, 2.75) is 55.4 Å². The highest BCUT2D eigenvalue weighted by molar-refractivity contribution is 7.93. The number of sulfonamides is 1. The van der Waals surface area contributed by atoms with E-state index in [0.717, 1.165) is 12.0 Å². The largest absolute Gasteiger partial charge is 0.381 e. The van der Waals surface area contributed by atoms with Crippen LogP contribution < -0.4 is 9.62 Å². The first-order valence-corrected chi connectivity index (χ1v) is 15.7. The highest BCUT2D eigenvalue weighted by Crippen LogP contribution is 2.32. The molecule has 1 fully saturated rings. The molecule has 1 saturated heterocycles. The van der Waals surface area contributed by atoms with Gasteiger partial charge in [0.15, 0.2) is 0 Å². The van der Waals surface area contributed by atoms with Crippen LogP contribution in [0.15, 0.2) is 52.3 Å². The minimum Gasteiger partial charge on any atom is -0.381 e. The number of nitrogens with zero attached hydrogens (tertiary/aromatic N) is 1. The first-order chi connectivity index (χ1) is 16.9. The molecule has 1 heterocycles. The van der Waals surface area contributed by atoms with Crippen molar-refractivity contribution in [2.75, 3.05) is 49.3 Å². The number of benzene rings is 2. The van der Waals surface area contributed by atoms with E-state index in [4.69, 9.17) is 14.3 Å². The van der Waals surface area contributed by atoms with Crippen LogP contribution >= 0.6 is 0 Å². The highest BCUT2D eigenvalue weighted by atomic mass is 32.2. The minimum absolute atomic E-state index is 0.0117. The molecule has 0 aliphatic carbocycles. The number of nitrogens with one attached hydrogen (secondary N) is 2. The zero-order chi connectivity index (χ0) is 26.6. The predicted octanol–water partition coefficient (Wildman–Crippen LogP) is 4.74. The van der Waals surface area contributed by atoms with E-state index in [1.807, 2.05) is 45.0 Å². The van der Waals surface area contributed by atoms with Gasteiger partial charge in [-0.25, -0.2) is 17.4 Å². The molecule has 1 aliphatic rings. The van der Waals surface area contributed by atoms with Crippen LogP contribution in [0.2, 0.25) is 0 Å². The van der Waals surface area contributed by atoms with Crippen molar-refractivity contribution in [3.63, 3.8) is 0 Å². The topological polar surface area (TPSA) is 109 Å². The van der Waals surface area contributed by atoms with Crippen LogP contribution in [-0.4, -0.2) is 57.9 Å². The average Bonchev–Trinajstić information content (AvgIpc) is 2.86. The van der Waals surface area contributed by atoms with Gasteiger partial charge in [-0.1, -0.05) is 32.9 Å². The number of ether oxygens (including phenoxy) is 2. The van der Waals surface area contributed by atoms with Crippen molar-refractivity contribution in [1.82, 2.24) is 0 Å². The summed E-state index contributed by atoms with van der Waals surface area (Å²) in [6, 6.07) is 12.0. The minimum atomic E-state index is -3.97. The van der Waals surface area contributed by atoms with Gasteiger partial charge in [0.1, 0.15) is 0 Å². The second-order valence-corrected chi connectivity index (χ2v) is 13.8. The quantitative estimate of drug-likeness (QED) is 0.428. The van der Waals surface area contributed by atoms with E-state index in [2.05, 4.69) is 5.32 Å². The van der Waals surface area contributed by atoms with E-state index >= 15 is 0 Å². The molecule has 0 saturated carbocycles. The van der Waals surface area contributed by atoms with Gasteiger partial charge in [0.05, 0.1) is 36.5 Å². The fraction of sp³-hybridized carbons (Fsp3) is 0.538. The molecule has 1 unspecified atom stereocenters. The molecule has 2 N–H and O–H groups in total. The van der Waals surface area contributed by atoms with Crippen LogP contribution in [0.1, 0.15) is 39.2 Å². The van der Waals surface area contributed by atoms with E-state index in [0.29, 0.717) is 50.5 Å². The third kappa shape index (κ3) is 6.59. The summed E-state index contributed by atoms with van der Waals surface area (Å²) in [4.78, 5) is 0.172. The average molecular weight is 538 g/mol. The summed E-state index contributed by atoms with van der Waals surface area (Å²) in [6.45, 7) is 7.89. The molecule has 200 valence electrons. The number of anilines is 2. The van der Waals surface area contributed by atoms with Crippen molar-refractivity contribution >= 4 is 31.1 Å². The molecule has 3 rings (SSSR count). The second kappa shape index (κ2) is 11.5. The van der Waals surface area contributed by atoms with Gasteiger partial charge in [-0.2, -0.15) is 0 Å². The van der Waals surface area contributed by atoms with Gasteiger partial charge in [0, 0.05) is 52.5 Å². The van der Waals surface area contributed by atoms with Gasteiger partial charge < -0.3 is 14.8 Å². The summed E-state index contributed by atoms with van der Waals surface area (Å²) in [5.41, 5.74) is 1.74. The van der Waals surface area contributed by atoms with Gasteiger partial charge in [-0.3, -0.25) is 4.31 Å². The van der Waals surface area contributed by atoms with Crippen molar-refractivity contribution < 1.29 is 22.1 Å². The summed E-state index contributed by atoms with van der Waals surface area (Å²) in [5.74, 6) is 0.0855. The van der Waals surface area contributed by atoms with Gasteiger partial charge >= 0.3 is 0 Å². The number of rotatable bonds is 11. The Hall–Kier alpha value is -2.14. The van der Waals surface area contributed by atoms with Crippen molar-refractivity contribution in [3.8, 4) is 0 Å². The molecule has 36 heavy (non-hydrogen) atoms. The van der Waals surface area contributed by atoms with Gasteiger partial charge in [-0.05, 0) is 48.2 Å². The van der Waals surface area contributed by atoms with Gasteiger partial charge in [0.2, 0.25) is 0 Å². The Kier molecular flexibility index (Phi) is 9.08. The van der Waals surface area contributed by atoms with E-state index in [-0.39, 0.29) is 15.7 Å². The Balaban J connectivity index is 1.99. The summed E-state index contributed by atoms with van der Waals surface area (Å²) in [7, 11) is -5.53. The van der Waals surface area contributed by atoms with Crippen LogP contribution in [0.25, 0.3) is 0 Å². The Morgan fingerprint density at radius 3 is 2.28 bits per heavy atom. The Morgan fingerprint density at radius 1 is 1.11 bits per heavy atom. The molecule has 1 aliphatic heterocycles. The summed E-state index contributed by atoms with van der Waals surface area (Å²) >= 11 is 0. The Labute approximate surface area is 216 Å². The number of methoxy groups -OCH3 is 1. The number of aryl methyl sites for hydroxylation is 1. The van der Waals surface area contributed by atoms with E-state index < -0.39 is 25.4 Å². The molecule has 8 nitrogen and oxygen atoms in total. The Morgan fingerprint density at radius 2 is 1.75 bits per heavy atom. The maximum atomic E-state index is 13.8. The van der Waals surface area contributed by atoms with Crippen molar-refractivity contribution in [2.24, 2.45) is 5.92 Å². The summed E-state index contributed by atoms with van der Waals surface area (Å²) < 4.78 is 61.5. The lowest BCUT2D eigenvalue weighted by Crippen LogP contribution is -2.44.